The van der Waals surface area contributed by atoms with Gasteiger partial charge in [-0.25, -0.2) is 0 Å². The first kappa shape index (κ1) is 18.6. The zero-order valence-corrected chi connectivity index (χ0v) is 16.9. The SMILES string of the molecule is CCc1cc(CC)cc(N2C(=N)C(=C3Nc4ccccc4N3)C(O)C2(C)C)c1. The van der Waals surface area contributed by atoms with Gasteiger partial charge in [-0.1, -0.05) is 32.0 Å². The topological polar surface area (TPSA) is 71.4 Å². The van der Waals surface area contributed by atoms with E-state index in [0.29, 0.717) is 17.2 Å². The van der Waals surface area contributed by atoms with Gasteiger partial charge in [0.1, 0.15) is 17.8 Å². The summed E-state index contributed by atoms with van der Waals surface area (Å²) in [6, 6.07) is 14.4. The third-order valence-electron chi connectivity index (χ3n) is 5.83. The van der Waals surface area contributed by atoms with Crippen LogP contribution in [0.4, 0.5) is 17.1 Å². The summed E-state index contributed by atoms with van der Waals surface area (Å²) in [4.78, 5) is 1.96. The Balaban J connectivity index is 1.80. The number of fused-ring (bicyclic) bond motifs is 1. The third-order valence-corrected chi connectivity index (χ3v) is 5.83. The second kappa shape index (κ2) is 6.67. The molecule has 28 heavy (non-hydrogen) atoms. The monoisotopic (exact) mass is 376 g/mol. The van der Waals surface area contributed by atoms with Gasteiger partial charge in [0.2, 0.25) is 0 Å². The molecule has 0 spiro atoms. The number of aliphatic hydroxyl groups excluding tert-OH is 1. The maximum atomic E-state index is 11.2. The van der Waals surface area contributed by atoms with Gasteiger partial charge in [0.15, 0.2) is 0 Å². The van der Waals surface area contributed by atoms with Crippen molar-refractivity contribution < 1.29 is 5.11 Å². The van der Waals surface area contributed by atoms with Crippen molar-refractivity contribution in [1.82, 2.24) is 0 Å². The van der Waals surface area contributed by atoms with E-state index in [1.54, 1.807) is 0 Å². The van der Waals surface area contributed by atoms with Crippen molar-refractivity contribution in [3.05, 3.63) is 65.0 Å². The number of hydrogen-bond donors (Lipinski definition) is 4. The summed E-state index contributed by atoms with van der Waals surface area (Å²) in [5.41, 5.74) is 5.35. The van der Waals surface area contributed by atoms with E-state index in [1.165, 1.54) is 11.1 Å². The molecular formula is C23H28N4O. The minimum Gasteiger partial charge on any atom is -0.386 e. The lowest BCUT2D eigenvalue weighted by Crippen LogP contribution is -2.46. The number of amidine groups is 1. The lowest BCUT2D eigenvalue weighted by Gasteiger charge is -2.34. The zero-order valence-electron chi connectivity index (χ0n) is 16.9. The molecule has 2 aromatic rings. The van der Waals surface area contributed by atoms with Gasteiger partial charge in [0, 0.05) is 5.69 Å². The molecule has 2 aliphatic heterocycles. The van der Waals surface area contributed by atoms with Crippen LogP contribution in [0.2, 0.25) is 0 Å². The molecule has 0 amide bonds. The largest absolute Gasteiger partial charge is 0.386 e. The van der Waals surface area contributed by atoms with Crippen LogP contribution in [-0.4, -0.2) is 22.6 Å². The van der Waals surface area contributed by atoms with Gasteiger partial charge in [-0.3, -0.25) is 5.41 Å². The first-order chi connectivity index (χ1) is 13.4. The molecular weight excluding hydrogens is 348 g/mol. The van der Waals surface area contributed by atoms with Gasteiger partial charge >= 0.3 is 0 Å². The van der Waals surface area contributed by atoms with E-state index in [0.717, 1.165) is 29.9 Å². The van der Waals surface area contributed by atoms with E-state index >= 15 is 0 Å². The van der Waals surface area contributed by atoms with Gasteiger partial charge in [-0.2, -0.15) is 0 Å². The highest BCUT2D eigenvalue weighted by atomic mass is 16.3. The lowest BCUT2D eigenvalue weighted by atomic mass is 9.95. The second-order valence-electron chi connectivity index (χ2n) is 8.04. The molecule has 2 heterocycles. The molecule has 0 saturated carbocycles. The normalized spacial score (nSPS) is 20.2. The minimum absolute atomic E-state index is 0.329. The van der Waals surface area contributed by atoms with Crippen molar-refractivity contribution in [2.24, 2.45) is 0 Å². The Labute approximate surface area is 166 Å². The summed E-state index contributed by atoms with van der Waals surface area (Å²) >= 11 is 0. The van der Waals surface area contributed by atoms with Crippen LogP contribution in [0.25, 0.3) is 0 Å². The Morgan fingerprint density at radius 3 is 2.04 bits per heavy atom. The van der Waals surface area contributed by atoms with Crippen molar-refractivity contribution in [2.75, 3.05) is 15.5 Å². The van der Waals surface area contributed by atoms with E-state index < -0.39 is 11.6 Å². The highest BCUT2D eigenvalue weighted by Crippen LogP contribution is 2.42. The highest BCUT2D eigenvalue weighted by molar-refractivity contribution is 6.14. The van der Waals surface area contributed by atoms with E-state index in [1.807, 2.05) is 43.0 Å². The van der Waals surface area contributed by atoms with Crippen LogP contribution < -0.4 is 15.5 Å². The number of rotatable bonds is 3. The van der Waals surface area contributed by atoms with E-state index in [4.69, 9.17) is 5.41 Å². The van der Waals surface area contributed by atoms with E-state index in [2.05, 4.69) is 42.7 Å². The minimum atomic E-state index is -0.792. The molecule has 0 radical (unpaired) electrons. The first-order valence-corrected chi connectivity index (χ1v) is 9.94. The van der Waals surface area contributed by atoms with Crippen LogP contribution >= 0.6 is 0 Å². The molecule has 2 aliphatic rings. The number of para-hydroxylation sites is 2. The Kier molecular flexibility index (Phi) is 4.42. The van der Waals surface area contributed by atoms with Crippen molar-refractivity contribution in [3.63, 3.8) is 0 Å². The highest BCUT2D eigenvalue weighted by Gasteiger charge is 2.50. The van der Waals surface area contributed by atoms with Crippen LogP contribution in [-0.2, 0) is 12.8 Å². The van der Waals surface area contributed by atoms with Crippen molar-refractivity contribution in [1.29, 1.82) is 5.41 Å². The van der Waals surface area contributed by atoms with Crippen molar-refractivity contribution in [2.45, 2.75) is 52.2 Å². The van der Waals surface area contributed by atoms with E-state index in [-0.39, 0.29) is 0 Å². The summed E-state index contributed by atoms with van der Waals surface area (Å²) in [5, 5.41) is 26.8. The number of nitrogens with one attached hydrogen (secondary N) is 3. The lowest BCUT2D eigenvalue weighted by molar-refractivity contribution is 0.155. The maximum Gasteiger partial charge on any atom is 0.135 e. The van der Waals surface area contributed by atoms with Gasteiger partial charge in [0.25, 0.3) is 0 Å². The van der Waals surface area contributed by atoms with Crippen LogP contribution in [0.3, 0.4) is 0 Å². The number of aliphatic hydroxyl groups is 1. The van der Waals surface area contributed by atoms with Crippen LogP contribution in [0.5, 0.6) is 0 Å². The molecule has 0 aliphatic carbocycles. The molecule has 1 saturated heterocycles. The zero-order chi connectivity index (χ0) is 20.1. The van der Waals surface area contributed by atoms with Crippen LogP contribution in [0.15, 0.2) is 53.9 Å². The average molecular weight is 377 g/mol. The molecule has 2 aromatic carbocycles. The Bertz CT molecular complexity index is 927. The smallest absolute Gasteiger partial charge is 0.135 e. The summed E-state index contributed by atoms with van der Waals surface area (Å²) in [6.45, 7) is 8.27. The number of hydrogen-bond acceptors (Lipinski definition) is 4. The summed E-state index contributed by atoms with van der Waals surface area (Å²) < 4.78 is 0. The summed E-state index contributed by atoms with van der Waals surface area (Å²) in [5.74, 6) is 1.02. The Morgan fingerprint density at radius 1 is 1.00 bits per heavy atom. The van der Waals surface area contributed by atoms with E-state index in [9.17, 15) is 5.11 Å². The predicted octanol–water partition coefficient (Wildman–Crippen LogP) is 4.50. The van der Waals surface area contributed by atoms with Crippen LogP contribution in [0, 0.1) is 5.41 Å². The van der Waals surface area contributed by atoms with Crippen molar-refractivity contribution in [3.8, 4) is 0 Å². The molecule has 0 aromatic heterocycles. The fourth-order valence-electron chi connectivity index (χ4n) is 4.15. The second-order valence-corrected chi connectivity index (χ2v) is 8.04. The quantitative estimate of drug-likeness (QED) is 0.637. The Morgan fingerprint density at radius 2 is 1.54 bits per heavy atom. The molecule has 4 rings (SSSR count). The summed E-state index contributed by atoms with van der Waals surface area (Å²) in [6.07, 6.45) is 1.09. The first-order valence-electron chi connectivity index (χ1n) is 9.94. The molecule has 1 atom stereocenters. The number of aryl methyl sites for hydroxylation is 2. The maximum absolute atomic E-state index is 11.2. The standard InChI is InChI=1S/C23H28N4O/c1-5-14-11-15(6-2)13-16(12-14)27-21(24)19(20(28)23(27,3)4)22-25-17-9-7-8-10-18(17)26-22/h7-13,20,24-26,28H,5-6H2,1-4H3. The number of nitrogens with zero attached hydrogens (tertiary/aromatic N) is 1. The fourth-order valence-corrected chi connectivity index (χ4v) is 4.15. The van der Waals surface area contributed by atoms with Gasteiger partial charge in [-0.05, 0) is 62.1 Å². The predicted molar refractivity (Wildman–Crippen MR) is 116 cm³/mol. The third kappa shape index (κ3) is 2.78. The number of anilines is 3. The molecule has 1 unspecified atom stereocenters. The van der Waals surface area contributed by atoms with Crippen molar-refractivity contribution >= 4 is 22.9 Å². The molecule has 146 valence electrons. The average Bonchev–Trinajstić information content (AvgIpc) is 3.17. The summed E-state index contributed by atoms with van der Waals surface area (Å²) in [7, 11) is 0. The van der Waals surface area contributed by atoms with Gasteiger partial charge < -0.3 is 20.6 Å². The molecule has 1 fully saturated rings. The van der Waals surface area contributed by atoms with Gasteiger partial charge in [-0.15, -0.1) is 0 Å². The molecule has 5 nitrogen and oxygen atoms in total. The molecule has 0 bridgehead atoms. The molecule has 5 heteroatoms. The Hall–Kier alpha value is -2.79. The fraction of sp³-hybridized carbons (Fsp3) is 0.348. The number of benzene rings is 2. The van der Waals surface area contributed by atoms with Gasteiger partial charge in [0.05, 0.1) is 22.5 Å². The van der Waals surface area contributed by atoms with Crippen LogP contribution in [0.1, 0.15) is 38.8 Å². The molecule has 4 N–H and O–H groups in total.